The number of halogens is 1. The van der Waals surface area contributed by atoms with Crippen molar-refractivity contribution in [2.75, 3.05) is 5.32 Å². The highest BCUT2D eigenvalue weighted by molar-refractivity contribution is 6.00. The summed E-state index contributed by atoms with van der Waals surface area (Å²) in [6.07, 6.45) is 7.07. The van der Waals surface area contributed by atoms with E-state index in [-0.39, 0.29) is 29.2 Å². The fourth-order valence-electron chi connectivity index (χ4n) is 5.42. The molecule has 0 spiro atoms. The molecule has 2 fully saturated rings. The first-order valence-electron chi connectivity index (χ1n) is 13.2. The largest absolute Gasteiger partial charge is 0.618 e. The Morgan fingerprint density at radius 3 is 2.39 bits per heavy atom. The van der Waals surface area contributed by atoms with Crippen LogP contribution in [0, 0.1) is 42.8 Å². The number of hydrogen-bond acceptors (Lipinski definition) is 5. The number of aryl methyl sites for hydroxylation is 1. The lowest BCUT2D eigenvalue weighted by Gasteiger charge is -2.27. The molecule has 2 aliphatic rings. The molecule has 2 N–H and O–H groups in total. The lowest BCUT2D eigenvalue weighted by atomic mass is 9.88. The first kappa shape index (κ1) is 25.8. The summed E-state index contributed by atoms with van der Waals surface area (Å²) >= 11 is 0. The minimum Gasteiger partial charge on any atom is -0.618 e. The Morgan fingerprint density at radius 2 is 1.79 bits per heavy atom. The molecule has 0 aliphatic heterocycles. The van der Waals surface area contributed by atoms with E-state index in [2.05, 4.69) is 20.7 Å². The van der Waals surface area contributed by atoms with Crippen molar-refractivity contribution in [2.45, 2.75) is 65.5 Å². The van der Waals surface area contributed by atoms with Crippen molar-refractivity contribution in [1.82, 2.24) is 20.1 Å². The Labute approximate surface area is 221 Å². The van der Waals surface area contributed by atoms with Crippen molar-refractivity contribution in [3.63, 3.8) is 0 Å². The Morgan fingerprint density at radius 1 is 1.11 bits per heavy atom. The number of nitrogens with one attached hydrogen (secondary N) is 2. The second-order valence-electron chi connectivity index (χ2n) is 10.8. The quantitative estimate of drug-likeness (QED) is 0.251. The van der Waals surface area contributed by atoms with Crippen molar-refractivity contribution >= 4 is 17.6 Å². The lowest BCUT2D eigenvalue weighted by molar-refractivity contribution is -0.611. The average Bonchev–Trinajstić information content (AvgIpc) is 3.82. The summed E-state index contributed by atoms with van der Waals surface area (Å²) in [7, 11) is 0. The van der Waals surface area contributed by atoms with Crippen molar-refractivity contribution in [1.29, 1.82) is 0 Å². The molecular weight excluding hydrogens is 487 g/mol. The normalized spacial score (nSPS) is 16.1. The highest BCUT2D eigenvalue weighted by Gasteiger charge is 2.48. The van der Waals surface area contributed by atoms with Gasteiger partial charge in [-0.15, -0.1) is 0 Å². The van der Waals surface area contributed by atoms with E-state index >= 15 is 4.39 Å². The standard InChI is InChI=1S/C28H33FN6O3/c1-15(2)35-21(11-13-30-35)27(36)33-25(24(18-5-6-18)19-7-8-19)28(37)32-22-10-9-20(26(29)31-22)23-16(3)12-14-34(38)17(23)4/h9-15,18-19,24-25H,5-8H2,1-4H3,(H,33,36)(H,31,32,37)/t25-/m0/s1. The molecule has 0 unspecified atom stereocenters. The van der Waals surface area contributed by atoms with Gasteiger partial charge in [-0.3, -0.25) is 14.3 Å². The molecule has 0 aromatic carbocycles. The van der Waals surface area contributed by atoms with Gasteiger partial charge >= 0.3 is 0 Å². The molecule has 3 aromatic rings. The minimum absolute atomic E-state index is 0.0145. The van der Waals surface area contributed by atoms with Gasteiger partial charge in [0.05, 0.1) is 5.56 Å². The highest BCUT2D eigenvalue weighted by Crippen LogP contribution is 2.51. The van der Waals surface area contributed by atoms with Crippen LogP contribution >= 0.6 is 0 Å². The van der Waals surface area contributed by atoms with Gasteiger partial charge in [-0.2, -0.15) is 14.2 Å². The Hall–Kier alpha value is -3.82. The van der Waals surface area contributed by atoms with Crippen LogP contribution in [0.25, 0.3) is 11.1 Å². The van der Waals surface area contributed by atoms with E-state index in [1.54, 1.807) is 36.9 Å². The van der Waals surface area contributed by atoms with Gasteiger partial charge in [0.15, 0.2) is 11.9 Å². The molecular formula is C28H33FN6O3. The van der Waals surface area contributed by atoms with E-state index in [9.17, 15) is 14.8 Å². The van der Waals surface area contributed by atoms with Crippen LogP contribution in [0.3, 0.4) is 0 Å². The molecule has 3 heterocycles. The molecule has 1 atom stereocenters. The zero-order valence-corrected chi connectivity index (χ0v) is 22.1. The maximum absolute atomic E-state index is 15.2. The van der Waals surface area contributed by atoms with Crippen molar-refractivity contribution in [3.05, 3.63) is 64.8 Å². The number of hydrogen-bond donors (Lipinski definition) is 2. The van der Waals surface area contributed by atoms with Gasteiger partial charge in [-0.25, -0.2) is 4.98 Å². The monoisotopic (exact) mass is 520 g/mol. The minimum atomic E-state index is -0.789. The highest BCUT2D eigenvalue weighted by atomic mass is 19.1. The molecule has 3 aromatic heterocycles. The molecule has 2 saturated carbocycles. The summed E-state index contributed by atoms with van der Waals surface area (Å²) in [5, 5.41) is 22.0. The topological polar surface area (TPSA) is 116 Å². The van der Waals surface area contributed by atoms with Crippen LogP contribution in [0.5, 0.6) is 0 Å². The number of amides is 2. The van der Waals surface area contributed by atoms with E-state index in [0.29, 0.717) is 33.5 Å². The van der Waals surface area contributed by atoms with Gasteiger partial charge in [-0.1, -0.05) is 0 Å². The molecule has 5 rings (SSSR count). The van der Waals surface area contributed by atoms with Crippen LogP contribution < -0.4 is 15.4 Å². The van der Waals surface area contributed by atoms with Crippen LogP contribution in [0.15, 0.2) is 36.7 Å². The van der Waals surface area contributed by atoms with E-state index in [4.69, 9.17) is 0 Å². The molecule has 9 nitrogen and oxygen atoms in total. The first-order valence-corrected chi connectivity index (χ1v) is 13.2. The number of rotatable bonds is 9. The van der Waals surface area contributed by atoms with Gasteiger partial charge in [0.25, 0.3) is 5.91 Å². The summed E-state index contributed by atoms with van der Waals surface area (Å²) in [6.45, 7) is 7.29. The maximum Gasteiger partial charge on any atom is 0.270 e. The van der Waals surface area contributed by atoms with Crippen LogP contribution in [0.4, 0.5) is 10.2 Å². The van der Waals surface area contributed by atoms with Crippen LogP contribution in [-0.4, -0.2) is 32.6 Å². The van der Waals surface area contributed by atoms with E-state index in [1.807, 2.05) is 13.8 Å². The lowest BCUT2D eigenvalue weighted by Crippen LogP contribution is -2.50. The number of aromatic nitrogens is 4. The molecule has 0 radical (unpaired) electrons. The Kier molecular flexibility index (Phi) is 6.90. The predicted octanol–water partition coefficient (Wildman–Crippen LogP) is 4.09. The third-order valence-electron chi connectivity index (χ3n) is 7.59. The smallest absolute Gasteiger partial charge is 0.270 e. The third-order valence-corrected chi connectivity index (χ3v) is 7.59. The summed E-state index contributed by atoms with van der Waals surface area (Å²) in [6, 6.07) is 5.51. The molecule has 10 heteroatoms. The summed E-state index contributed by atoms with van der Waals surface area (Å²) < 4.78 is 17.5. The molecule has 200 valence electrons. The van der Waals surface area contributed by atoms with Crippen LogP contribution in [-0.2, 0) is 4.79 Å². The predicted molar refractivity (Wildman–Crippen MR) is 139 cm³/mol. The second-order valence-corrected chi connectivity index (χ2v) is 10.8. The fraction of sp³-hybridized carbons (Fsp3) is 0.464. The van der Waals surface area contributed by atoms with E-state index in [1.165, 1.54) is 18.3 Å². The van der Waals surface area contributed by atoms with E-state index < -0.39 is 17.9 Å². The zero-order valence-electron chi connectivity index (χ0n) is 22.1. The zero-order chi connectivity index (χ0) is 27.1. The third kappa shape index (κ3) is 5.12. The molecule has 2 amide bonds. The van der Waals surface area contributed by atoms with Gasteiger partial charge in [0, 0.05) is 30.8 Å². The molecule has 2 aliphatic carbocycles. The van der Waals surface area contributed by atoms with Crippen LogP contribution in [0.1, 0.15) is 67.3 Å². The molecule has 0 bridgehead atoms. The van der Waals surface area contributed by atoms with Crippen LogP contribution in [0.2, 0.25) is 0 Å². The van der Waals surface area contributed by atoms with Gasteiger partial charge in [0.2, 0.25) is 11.9 Å². The molecule has 38 heavy (non-hydrogen) atoms. The number of nitrogens with zero attached hydrogens (tertiary/aromatic N) is 4. The summed E-state index contributed by atoms with van der Waals surface area (Å²) in [4.78, 5) is 30.9. The Bertz CT molecular complexity index is 1370. The summed E-state index contributed by atoms with van der Waals surface area (Å²) in [5.74, 6) is -0.746. The average molecular weight is 521 g/mol. The Balaban J connectivity index is 1.40. The summed E-state index contributed by atoms with van der Waals surface area (Å²) in [5.41, 5.74) is 2.15. The van der Waals surface area contributed by atoms with Gasteiger partial charge in [0.1, 0.15) is 17.6 Å². The number of pyridine rings is 2. The van der Waals surface area contributed by atoms with Crippen molar-refractivity contribution in [2.24, 2.45) is 17.8 Å². The first-order chi connectivity index (χ1) is 18.2. The SMILES string of the molecule is Cc1cc[n+]([O-])c(C)c1-c1ccc(NC(=O)[C@@H](NC(=O)c2ccnn2C(C)C)C(C2CC2)C2CC2)nc1F. The van der Waals surface area contributed by atoms with Gasteiger partial charge < -0.3 is 15.8 Å². The number of carbonyl (C=O) groups excluding carboxylic acids is 2. The number of anilines is 1. The van der Waals surface area contributed by atoms with Crippen molar-refractivity contribution in [3.8, 4) is 11.1 Å². The number of carbonyl (C=O) groups is 2. The second kappa shape index (κ2) is 10.2. The molecule has 0 saturated heterocycles. The van der Waals surface area contributed by atoms with E-state index in [0.717, 1.165) is 31.2 Å². The van der Waals surface area contributed by atoms with Gasteiger partial charge in [-0.05, 0) is 88.0 Å². The maximum atomic E-state index is 15.2. The fourth-order valence-corrected chi connectivity index (χ4v) is 5.42. The van der Waals surface area contributed by atoms with Crippen molar-refractivity contribution < 1.29 is 18.7 Å².